The van der Waals surface area contributed by atoms with E-state index in [1.807, 2.05) is 29.2 Å². The molecule has 1 heterocycles. The fourth-order valence-corrected chi connectivity index (χ4v) is 2.67. The number of amides is 1. The molecular weight excluding hydrogens is 226 g/mol. The van der Waals surface area contributed by atoms with Crippen molar-refractivity contribution in [2.45, 2.75) is 37.8 Å². The number of benzene rings is 1. The minimum Gasteiger partial charge on any atom is -0.382 e. The first-order valence-corrected chi connectivity index (χ1v) is 6.65. The summed E-state index contributed by atoms with van der Waals surface area (Å²) in [5, 5.41) is 3.45. The van der Waals surface area contributed by atoms with Gasteiger partial charge in [0.1, 0.15) is 0 Å². The Morgan fingerprint density at radius 3 is 2.50 bits per heavy atom. The third kappa shape index (κ3) is 2.20. The number of hydrogen-bond acceptors (Lipinski definition) is 3. The maximum Gasteiger partial charge on any atom is 0.227 e. The smallest absolute Gasteiger partial charge is 0.227 e. The van der Waals surface area contributed by atoms with Crippen molar-refractivity contribution in [1.82, 2.24) is 0 Å². The van der Waals surface area contributed by atoms with Gasteiger partial charge in [-0.1, -0.05) is 0 Å². The van der Waals surface area contributed by atoms with Crippen LogP contribution in [0.15, 0.2) is 24.3 Å². The molecule has 1 aliphatic heterocycles. The summed E-state index contributed by atoms with van der Waals surface area (Å²) in [6.45, 7) is 0.850. The quantitative estimate of drug-likeness (QED) is 0.852. The van der Waals surface area contributed by atoms with Crippen LogP contribution in [0.25, 0.3) is 0 Å². The van der Waals surface area contributed by atoms with Crippen LogP contribution >= 0.6 is 0 Å². The van der Waals surface area contributed by atoms with E-state index in [2.05, 4.69) is 5.32 Å². The maximum atomic E-state index is 11.6. The standard InChI is InChI=1S/C14H19N3O/c15-10-8-12(9-10)16-11-3-5-13(6-4-11)17-7-1-2-14(17)18/h3-6,10,12,16H,1-2,7-9,15H2. The fraction of sp³-hybridized carbons (Fsp3) is 0.500. The molecule has 1 saturated carbocycles. The first-order chi connectivity index (χ1) is 8.72. The molecule has 0 spiro atoms. The monoisotopic (exact) mass is 245 g/mol. The predicted molar refractivity (Wildman–Crippen MR) is 72.6 cm³/mol. The topological polar surface area (TPSA) is 58.4 Å². The molecule has 0 bridgehead atoms. The maximum absolute atomic E-state index is 11.6. The highest BCUT2D eigenvalue weighted by Crippen LogP contribution is 2.26. The van der Waals surface area contributed by atoms with Gasteiger partial charge in [-0.2, -0.15) is 0 Å². The summed E-state index contributed by atoms with van der Waals surface area (Å²) < 4.78 is 0. The van der Waals surface area contributed by atoms with E-state index in [9.17, 15) is 4.79 Å². The molecule has 4 heteroatoms. The Labute approximate surface area is 107 Å². The van der Waals surface area contributed by atoms with Crippen molar-refractivity contribution in [3.8, 4) is 0 Å². The number of rotatable bonds is 3. The highest BCUT2D eigenvalue weighted by atomic mass is 16.2. The Kier molecular flexibility index (Phi) is 2.96. The van der Waals surface area contributed by atoms with Gasteiger partial charge >= 0.3 is 0 Å². The Morgan fingerprint density at radius 2 is 1.94 bits per heavy atom. The molecule has 0 atom stereocenters. The van der Waals surface area contributed by atoms with Gasteiger partial charge in [-0.25, -0.2) is 0 Å². The molecule has 4 nitrogen and oxygen atoms in total. The largest absolute Gasteiger partial charge is 0.382 e. The van der Waals surface area contributed by atoms with Crippen molar-refractivity contribution in [3.63, 3.8) is 0 Å². The van der Waals surface area contributed by atoms with E-state index >= 15 is 0 Å². The molecule has 18 heavy (non-hydrogen) atoms. The van der Waals surface area contributed by atoms with Gasteiger partial charge in [-0.05, 0) is 43.5 Å². The van der Waals surface area contributed by atoms with Gasteiger partial charge in [-0.3, -0.25) is 4.79 Å². The molecule has 1 aromatic carbocycles. The summed E-state index contributed by atoms with van der Waals surface area (Å²) >= 11 is 0. The second-order valence-electron chi connectivity index (χ2n) is 5.27. The normalized spacial score (nSPS) is 27.2. The van der Waals surface area contributed by atoms with Crippen LogP contribution in [0.4, 0.5) is 11.4 Å². The van der Waals surface area contributed by atoms with E-state index < -0.39 is 0 Å². The number of nitrogens with two attached hydrogens (primary N) is 1. The Balaban J connectivity index is 1.63. The number of nitrogens with zero attached hydrogens (tertiary/aromatic N) is 1. The second-order valence-corrected chi connectivity index (χ2v) is 5.27. The van der Waals surface area contributed by atoms with E-state index in [1.54, 1.807) is 0 Å². The van der Waals surface area contributed by atoms with Gasteiger partial charge < -0.3 is 16.0 Å². The van der Waals surface area contributed by atoms with Crippen LogP contribution in [0.3, 0.4) is 0 Å². The van der Waals surface area contributed by atoms with Crippen molar-refractivity contribution in [3.05, 3.63) is 24.3 Å². The second kappa shape index (κ2) is 4.61. The molecule has 1 amide bonds. The lowest BCUT2D eigenvalue weighted by atomic mass is 9.87. The number of carbonyl (C=O) groups is 1. The molecule has 3 N–H and O–H groups in total. The minimum atomic E-state index is 0.237. The summed E-state index contributed by atoms with van der Waals surface area (Å²) in [5.74, 6) is 0.237. The van der Waals surface area contributed by atoms with Crippen LogP contribution in [0.2, 0.25) is 0 Å². The summed E-state index contributed by atoms with van der Waals surface area (Å²) in [4.78, 5) is 13.5. The minimum absolute atomic E-state index is 0.237. The zero-order chi connectivity index (χ0) is 12.5. The summed E-state index contributed by atoms with van der Waals surface area (Å²) in [6, 6.07) is 9.01. The molecule has 3 rings (SSSR count). The SMILES string of the molecule is NC1CC(Nc2ccc(N3CCCC3=O)cc2)C1. The van der Waals surface area contributed by atoms with Crippen LogP contribution in [0.5, 0.6) is 0 Å². The van der Waals surface area contributed by atoms with Gasteiger partial charge in [0.25, 0.3) is 0 Å². The molecule has 1 aliphatic carbocycles. The van der Waals surface area contributed by atoms with E-state index in [0.717, 1.165) is 37.2 Å². The fourth-order valence-electron chi connectivity index (χ4n) is 2.67. The Bertz CT molecular complexity index is 437. The molecule has 0 radical (unpaired) electrons. The first-order valence-electron chi connectivity index (χ1n) is 6.65. The lowest BCUT2D eigenvalue weighted by Gasteiger charge is -2.33. The number of anilines is 2. The number of carbonyl (C=O) groups excluding carboxylic acids is 1. The third-order valence-corrected chi connectivity index (χ3v) is 3.80. The van der Waals surface area contributed by atoms with Crippen molar-refractivity contribution in [2.75, 3.05) is 16.8 Å². The van der Waals surface area contributed by atoms with Gasteiger partial charge in [0.05, 0.1) is 0 Å². The molecule has 1 aromatic rings. The summed E-state index contributed by atoms with van der Waals surface area (Å²) in [5.41, 5.74) is 7.88. The number of nitrogens with one attached hydrogen (secondary N) is 1. The lowest BCUT2D eigenvalue weighted by molar-refractivity contribution is -0.117. The third-order valence-electron chi connectivity index (χ3n) is 3.80. The molecule has 0 aromatic heterocycles. The Morgan fingerprint density at radius 1 is 1.22 bits per heavy atom. The van der Waals surface area contributed by atoms with E-state index in [1.165, 1.54) is 0 Å². The van der Waals surface area contributed by atoms with E-state index in [4.69, 9.17) is 5.73 Å². The van der Waals surface area contributed by atoms with Crippen LogP contribution in [-0.4, -0.2) is 24.5 Å². The summed E-state index contributed by atoms with van der Waals surface area (Å²) in [6.07, 6.45) is 3.75. The van der Waals surface area contributed by atoms with Crippen LogP contribution < -0.4 is 16.0 Å². The molecule has 1 saturated heterocycles. The van der Waals surface area contributed by atoms with Gasteiger partial charge in [0.2, 0.25) is 5.91 Å². The van der Waals surface area contributed by atoms with Crippen LogP contribution in [0.1, 0.15) is 25.7 Å². The summed E-state index contributed by atoms with van der Waals surface area (Å²) in [7, 11) is 0. The van der Waals surface area contributed by atoms with Crippen molar-refractivity contribution in [2.24, 2.45) is 5.73 Å². The highest BCUT2D eigenvalue weighted by Gasteiger charge is 2.25. The van der Waals surface area contributed by atoms with Crippen LogP contribution in [-0.2, 0) is 4.79 Å². The average molecular weight is 245 g/mol. The van der Waals surface area contributed by atoms with E-state index in [-0.39, 0.29) is 5.91 Å². The highest BCUT2D eigenvalue weighted by molar-refractivity contribution is 5.95. The van der Waals surface area contributed by atoms with Gasteiger partial charge in [-0.15, -0.1) is 0 Å². The molecule has 96 valence electrons. The molecule has 2 fully saturated rings. The Hall–Kier alpha value is -1.55. The lowest BCUT2D eigenvalue weighted by Crippen LogP contribution is -2.44. The van der Waals surface area contributed by atoms with Crippen LogP contribution in [0, 0.1) is 0 Å². The van der Waals surface area contributed by atoms with Crippen molar-refractivity contribution < 1.29 is 4.79 Å². The molecular formula is C14H19N3O. The zero-order valence-electron chi connectivity index (χ0n) is 10.4. The van der Waals surface area contributed by atoms with E-state index in [0.29, 0.717) is 18.5 Å². The van der Waals surface area contributed by atoms with Gasteiger partial charge in [0, 0.05) is 36.4 Å². The number of hydrogen-bond donors (Lipinski definition) is 2. The average Bonchev–Trinajstić information content (AvgIpc) is 2.75. The molecule has 0 unspecified atom stereocenters. The zero-order valence-corrected chi connectivity index (χ0v) is 10.4. The predicted octanol–water partition coefficient (Wildman–Crippen LogP) is 1.71. The van der Waals surface area contributed by atoms with Gasteiger partial charge in [0.15, 0.2) is 0 Å². The first kappa shape index (κ1) is 11.5. The van der Waals surface area contributed by atoms with Crippen molar-refractivity contribution in [1.29, 1.82) is 0 Å². The molecule has 2 aliphatic rings. The van der Waals surface area contributed by atoms with Crippen molar-refractivity contribution >= 4 is 17.3 Å².